The molecule has 1 heteroatoms. The van der Waals surface area contributed by atoms with Gasteiger partial charge in [0.1, 0.15) is 0 Å². The van der Waals surface area contributed by atoms with Crippen molar-refractivity contribution < 1.29 is 19.5 Å². The molecule has 0 atom stereocenters. The van der Waals surface area contributed by atoms with E-state index in [1.165, 1.54) is 0 Å². The Hall–Kier alpha value is 0.623. The maximum Gasteiger partial charge on any atom is 0 e. The predicted molar refractivity (Wildman–Crippen MR) is 60.6 cm³/mol. The molecular formula is C12H27Zn-3. The van der Waals surface area contributed by atoms with Crippen LogP contribution in [-0.2, 0) is 19.5 Å². The molecule has 0 rings (SSSR count). The minimum Gasteiger partial charge on any atom is -0.341 e. The molecule has 0 amide bonds. The van der Waals surface area contributed by atoms with Crippen LogP contribution in [0.4, 0.5) is 0 Å². The van der Waals surface area contributed by atoms with Crippen molar-refractivity contribution in [1.29, 1.82) is 0 Å². The molecule has 0 aromatic heterocycles. The average molecular weight is 237 g/mol. The van der Waals surface area contributed by atoms with E-state index >= 15 is 0 Å². The fourth-order valence-corrected chi connectivity index (χ4v) is 0. The van der Waals surface area contributed by atoms with Crippen LogP contribution < -0.4 is 0 Å². The van der Waals surface area contributed by atoms with Crippen molar-refractivity contribution in [3.63, 3.8) is 0 Å². The van der Waals surface area contributed by atoms with Crippen LogP contribution in [-0.4, -0.2) is 0 Å². The second-order valence-electron chi connectivity index (χ2n) is 4.18. The van der Waals surface area contributed by atoms with Gasteiger partial charge in [0.2, 0.25) is 0 Å². The number of rotatable bonds is 0. The van der Waals surface area contributed by atoms with Gasteiger partial charge in [0.25, 0.3) is 0 Å². The van der Waals surface area contributed by atoms with Gasteiger partial charge in [-0.3, -0.25) is 0 Å². The van der Waals surface area contributed by atoms with Gasteiger partial charge in [-0.15, -0.1) is 0 Å². The van der Waals surface area contributed by atoms with Crippen molar-refractivity contribution in [2.24, 2.45) is 17.8 Å². The van der Waals surface area contributed by atoms with Gasteiger partial charge in [0, 0.05) is 19.5 Å². The largest absolute Gasteiger partial charge is 0.341 e. The van der Waals surface area contributed by atoms with Crippen molar-refractivity contribution in [1.82, 2.24) is 0 Å². The maximum atomic E-state index is 3.64. The minimum atomic E-state index is 0. The molecule has 0 N–H and O–H groups in total. The van der Waals surface area contributed by atoms with E-state index in [4.69, 9.17) is 0 Å². The van der Waals surface area contributed by atoms with Crippen LogP contribution in [0.15, 0.2) is 0 Å². The van der Waals surface area contributed by atoms with Crippen LogP contribution in [0.5, 0.6) is 0 Å². The number of hydrogen-bond acceptors (Lipinski definition) is 0. The summed E-state index contributed by atoms with van der Waals surface area (Å²) in [6.07, 6.45) is 0. The van der Waals surface area contributed by atoms with E-state index in [1.54, 1.807) is 0 Å². The summed E-state index contributed by atoms with van der Waals surface area (Å²) < 4.78 is 0. The first-order valence-corrected chi connectivity index (χ1v) is 4.69. The molecule has 0 heterocycles. The van der Waals surface area contributed by atoms with E-state index < -0.39 is 0 Å². The smallest absolute Gasteiger partial charge is 0 e. The van der Waals surface area contributed by atoms with E-state index in [0.29, 0.717) is 17.8 Å². The zero-order chi connectivity index (χ0) is 10.7. The van der Waals surface area contributed by atoms with Gasteiger partial charge in [-0.25, -0.2) is 0 Å². The Morgan fingerprint density at radius 3 is 0.538 bits per heavy atom. The van der Waals surface area contributed by atoms with E-state index in [2.05, 4.69) is 62.3 Å². The van der Waals surface area contributed by atoms with Crippen LogP contribution >= 0.6 is 0 Å². The van der Waals surface area contributed by atoms with Crippen molar-refractivity contribution in [3.8, 4) is 0 Å². The van der Waals surface area contributed by atoms with Crippen LogP contribution in [0.1, 0.15) is 41.5 Å². The monoisotopic (exact) mass is 235 g/mol. The Bertz CT molecular complexity index is 33.6. The molecule has 0 unspecified atom stereocenters. The van der Waals surface area contributed by atoms with Crippen molar-refractivity contribution in [3.05, 3.63) is 20.8 Å². The molecule has 0 aliphatic carbocycles. The summed E-state index contributed by atoms with van der Waals surface area (Å²) in [7, 11) is 0. The van der Waals surface area contributed by atoms with E-state index in [9.17, 15) is 0 Å². The Morgan fingerprint density at radius 1 is 0.538 bits per heavy atom. The molecule has 13 heavy (non-hydrogen) atoms. The van der Waals surface area contributed by atoms with Gasteiger partial charge in [-0.1, -0.05) is 41.5 Å². The van der Waals surface area contributed by atoms with Gasteiger partial charge in [0.15, 0.2) is 0 Å². The predicted octanol–water partition coefficient (Wildman–Crippen LogP) is 4.43. The van der Waals surface area contributed by atoms with Gasteiger partial charge in [0.05, 0.1) is 0 Å². The summed E-state index contributed by atoms with van der Waals surface area (Å²) in [5, 5.41) is 0. The minimum absolute atomic E-state index is 0. The second kappa shape index (κ2) is 18.4. The first kappa shape index (κ1) is 23.4. The molecule has 0 spiro atoms. The van der Waals surface area contributed by atoms with Gasteiger partial charge >= 0.3 is 0 Å². The van der Waals surface area contributed by atoms with E-state index in [0.717, 1.165) is 0 Å². The first-order valence-electron chi connectivity index (χ1n) is 4.69. The number of hydrogen-bond donors (Lipinski definition) is 0. The molecule has 0 aromatic carbocycles. The molecule has 0 aliphatic heterocycles. The Kier molecular flexibility index (Phi) is 33.2. The second-order valence-corrected chi connectivity index (χ2v) is 4.18. The zero-order valence-corrected chi connectivity index (χ0v) is 13.5. The first-order chi connectivity index (χ1) is 5.20. The van der Waals surface area contributed by atoms with Gasteiger partial charge in [-0.2, -0.15) is 17.8 Å². The van der Waals surface area contributed by atoms with Crippen LogP contribution in [0, 0.1) is 38.5 Å². The summed E-state index contributed by atoms with van der Waals surface area (Å²) in [6.45, 7) is 23.2. The molecule has 0 bridgehead atoms. The third-order valence-electron chi connectivity index (χ3n) is 0. The van der Waals surface area contributed by atoms with E-state index in [1.807, 2.05) is 0 Å². The van der Waals surface area contributed by atoms with Gasteiger partial charge in [-0.05, 0) is 0 Å². The van der Waals surface area contributed by atoms with E-state index in [-0.39, 0.29) is 19.5 Å². The maximum absolute atomic E-state index is 3.64. The standard InChI is InChI=1S/3C4H9.Zn/c3*1-4(2)3;/h3*4H,1H2,2-3H3;/q3*-1;. The molecule has 0 saturated carbocycles. The Labute approximate surface area is 99.6 Å². The van der Waals surface area contributed by atoms with Gasteiger partial charge < -0.3 is 20.8 Å². The topological polar surface area (TPSA) is 0 Å². The van der Waals surface area contributed by atoms with Crippen LogP contribution in [0.25, 0.3) is 0 Å². The zero-order valence-electron chi connectivity index (χ0n) is 10.6. The molecule has 80 valence electrons. The molecule has 0 radical (unpaired) electrons. The van der Waals surface area contributed by atoms with Crippen molar-refractivity contribution >= 4 is 0 Å². The average Bonchev–Trinajstić information content (AvgIpc) is 1.54. The summed E-state index contributed by atoms with van der Waals surface area (Å²) >= 11 is 0. The molecule has 0 aliphatic rings. The summed E-state index contributed by atoms with van der Waals surface area (Å²) in [4.78, 5) is 0. The van der Waals surface area contributed by atoms with Crippen LogP contribution in [0.3, 0.4) is 0 Å². The third kappa shape index (κ3) is 3670. The SMILES string of the molecule is [CH2-]C(C)C.[CH2-]C(C)C.[CH2-]C(C)C.[Zn]. The summed E-state index contributed by atoms with van der Waals surface area (Å²) in [5.74, 6) is 1.75. The Balaban J connectivity index is -0.0000000450. The molecule has 0 aromatic rings. The van der Waals surface area contributed by atoms with Crippen molar-refractivity contribution in [2.75, 3.05) is 0 Å². The molecule has 0 fully saturated rings. The molecule has 0 saturated heterocycles. The quantitative estimate of drug-likeness (QED) is 0.431. The van der Waals surface area contributed by atoms with Crippen molar-refractivity contribution in [2.45, 2.75) is 41.5 Å². The summed E-state index contributed by atoms with van der Waals surface area (Å²) in [6, 6.07) is 0. The van der Waals surface area contributed by atoms with Crippen LogP contribution in [0.2, 0.25) is 0 Å². The summed E-state index contributed by atoms with van der Waals surface area (Å²) in [5.41, 5.74) is 0. The molecule has 0 nitrogen and oxygen atoms in total. The fourth-order valence-electron chi connectivity index (χ4n) is 0. The Morgan fingerprint density at radius 2 is 0.538 bits per heavy atom. The normalized spacial score (nSPS) is 8.31. The molecular weight excluding hydrogens is 210 g/mol. The third-order valence-corrected chi connectivity index (χ3v) is 0. The fraction of sp³-hybridized carbons (Fsp3) is 0.750.